The van der Waals surface area contributed by atoms with E-state index in [1.165, 1.54) is 11.3 Å². The van der Waals surface area contributed by atoms with Crippen molar-refractivity contribution >= 4 is 68.2 Å². The van der Waals surface area contributed by atoms with Gasteiger partial charge in [-0.05, 0) is 42.0 Å². The maximum atomic E-state index is 12.7. The van der Waals surface area contributed by atoms with Gasteiger partial charge in [-0.15, -0.1) is 11.3 Å². The van der Waals surface area contributed by atoms with Gasteiger partial charge in [0.15, 0.2) is 4.34 Å². The summed E-state index contributed by atoms with van der Waals surface area (Å²) in [4.78, 5) is 39.0. The van der Waals surface area contributed by atoms with Gasteiger partial charge >= 0.3 is 5.97 Å². The van der Waals surface area contributed by atoms with Crippen LogP contribution in [0.15, 0.2) is 65.0 Å². The van der Waals surface area contributed by atoms with Crippen LogP contribution in [0.5, 0.6) is 0 Å². The molecule has 1 heterocycles. The van der Waals surface area contributed by atoms with Crippen LogP contribution in [0.2, 0.25) is 5.02 Å². The molecule has 8 nitrogen and oxygen atoms in total. The first-order valence-corrected chi connectivity index (χ1v) is 11.6. The second-order valence-electron chi connectivity index (χ2n) is 6.82. The van der Waals surface area contributed by atoms with Gasteiger partial charge < -0.3 is 10.4 Å². The van der Waals surface area contributed by atoms with Crippen molar-refractivity contribution in [1.82, 2.24) is 4.98 Å². The Morgan fingerprint density at radius 2 is 1.85 bits per heavy atom. The number of carboxylic acid groups (broad SMARTS) is 1. The number of nitro benzene ring substituents is 1. The lowest BCUT2D eigenvalue weighted by molar-refractivity contribution is -0.384. The number of thiazole rings is 1. The van der Waals surface area contributed by atoms with Gasteiger partial charge in [0, 0.05) is 28.6 Å². The monoisotopic (exact) mass is 499 g/mol. The summed E-state index contributed by atoms with van der Waals surface area (Å²) in [5.41, 5.74) is 1.34. The number of carbonyl (C=O) groups excluding carboxylic acids is 1. The lowest BCUT2D eigenvalue weighted by atomic mass is 10.1. The van der Waals surface area contributed by atoms with Crippen molar-refractivity contribution in [3.05, 3.63) is 92.5 Å². The van der Waals surface area contributed by atoms with Crippen LogP contribution >= 0.6 is 34.7 Å². The molecule has 0 spiro atoms. The van der Waals surface area contributed by atoms with E-state index in [2.05, 4.69) is 10.3 Å². The number of amides is 1. The van der Waals surface area contributed by atoms with E-state index in [1.54, 1.807) is 30.0 Å². The number of hydrogen-bond acceptors (Lipinski definition) is 7. The first kappa shape index (κ1) is 22.7. The third-order valence-electron chi connectivity index (χ3n) is 4.59. The van der Waals surface area contributed by atoms with Crippen molar-refractivity contribution in [2.45, 2.75) is 10.1 Å². The van der Waals surface area contributed by atoms with Gasteiger partial charge in [-0.2, -0.15) is 0 Å². The van der Waals surface area contributed by atoms with Crippen LogP contribution in [0.25, 0.3) is 10.2 Å². The second kappa shape index (κ2) is 9.57. The fourth-order valence-corrected chi connectivity index (χ4v) is 5.18. The Kier molecular flexibility index (Phi) is 6.59. The van der Waals surface area contributed by atoms with Gasteiger partial charge in [-0.1, -0.05) is 35.5 Å². The first-order valence-electron chi connectivity index (χ1n) is 9.41. The van der Waals surface area contributed by atoms with Crippen LogP contribution in [0.1, 0.15) is 26.3 Å². The number of fused-ring (bicyclic) bond motifs is 1. The number of nitrogens with zero attached hydrogens (tertiary/aromatic N) is 2. The normalized spacial score (nSPS) is 10.8. The van der Waals surface area contributed by atoms with Crippen molar-refractivity contribution in [1.29, 1.82) is 0 Å². The van der Waals surface area contributed by atoms with E-state index in [0.717, 1.165) is 44.1 Å². The highest BCUT2D eigenvalue weighted by Gasteiger charge is 2.21. The van der Waals surface area contributed by atoms with E-state index in [0.29, 0.717) is 10.7 Å². The molecule has 0 saturated heterocycles. The van der Waals surface area contributed by atoms with Crippen molar-refractivity contribution in [3.63, 3.8) is 0 Å². The SMILES string of the molecule is O=C(O)c1cc([N+](=O)[O-])ccc1C(=O)Nc1ccc2nc(SCc3ccc(Cl)cc3)sc2c1. The Bertz CT molecular complexity index is 1390. The standard InChI is InChI=1S/C22H14ClN3O5S2/c23-13-3-1-12(2-4-13)11-32-22-25-18-8-5-14(9-19(18)33-22)24-20(27)16-7-6-15(26(30)31)10-17(16)21(28)29/h1-10H,11H2,(H,24,27)(H,28,29). The second-order valence-corrected chi connectivity index (χ2v) is 9.51. The summed E-state index contributed by atoms with van der Waals surface area (Å²) in [6.45, 7) is 0. The molecule has 0 bridgehead atoms. The van der Waals surface area contributed by atoms with Crippen molar-refractivity contribution < 1.29 is 19.6 Å². The minimum absolute atomic E-state index is 0.170. The Balaban J connectivity index is 1.51. The molecule has 0 aliphatic carbocycles. The number of rotatable bonds is 7. The van der Waals surface area contributed by atoms with E-state index >= 15 is 0 Å². The number of non-ortho nitro benzene ring substituents is 1. The molecule has 0 aliphatic heterocycles. The summed E-state index contributed by atoms with van der Waals surface area (Å²) >= 11 is 8.98. The van der Waals surface area contributed by atoms with Gasteiger partial charge in [0.1, 0.15) is 0 Å². The Morgan fingerprint density at radius 3 is 2.55 bits per heavy atom. The first-order chi connectivity index (χ1) is 15.8. The number of thioether (sulfide) groups is 1. The fourth-order valence-electron chi connectivity index (χ4n) is 2.99. The highest BCUT2D eigenvalue weighted by Crippen LogP contribution is 2.33. The van der Waals surface area contributed by atoms with Gasteiger partial charge in [0.2, 0.25) is 0 Å². The zero-order chi connectivity index (χ0) is 23.5. The van der Waals surface area contributed by atoms with Gasteiger partial charge in [0.25, 0.3) is 11.6 Å². The summed E-state index contributed by atoms with van der Waals surface area (Å²) in [7, 11) is 0. The smallest absolute Gasteiger partial charge is 0.336 e. The molecule has 0 aliphatic rings. The molecule has 0 unspecified atom stereocenters. The van der Waals surface area contributed by atoms with Crippen LogP contribution in [-0.4, -0.2) is 26.9 Å². The van der Waals surface area contributed by atoms with E-state index < -0.39 is 28.1 Å². The number of hydrogen-bond donors (Lipinski definition) is 2. The minimum Gasteiger partial charge on any atom is -0.478 e. The van der Waals surface area contributed by atoms with E-state index in [4.69, 9.17) is 11.6 Å². The van der Waals surface area contributed by atoms with E-state index in [9.17, 15) is 24.8 Å². The average Bonchev–Trinajstić information content (AvgIpc) is 3.20. The lowest BCUT2D eigenvalue weighted by Crippen LogP contribution is -2.16. The van der Waals surface area contributed by atoms with Crippen molar-refractivity contribution in [2.24, 2.45) is 0 Å². The fraction of sp³-hybridized carbons (Fsp3) is 0.0455. The van der Waals surface area contributed by atoms with Crippen molar-refractivity contribution in [3.8, 4) is 0 Å². The topological polar surface area (TPSA) is 122 Å². The number of aromatic nitrogens is 1. The molecular formula is C22H14ClN3O5S2. The summed E-state index contributed by atoms with van der Waals surface area (Å²) in [6.07, 6.45) is 0. The molecule has 11 heteroatoms. The predicted molar refractivity (Wildman–Crippen MR) is 129 cm³/mol. The maximum Gasteiger partial charge on any atom is 0.336 e. The molecule has 4 rings (SSSR count). The Hall–Kier alpha value is -3.47. The minimum atomic E-state index is -1.43. The average molecular weight is 500 g/mol. The number of aromatic carboxylic acids is 1. The molecule has 0 radical (unpaired) electrons. The number of carboxylic acids is 1. The van der Waals surface area contributed by atoms with E-state index in [1.807, 2.05) is 24.3 Å². The summed E-state index contributed by atoms with van der Waals surface area (Å²) in [5, 5.41) is 23.6. The molecule has 166 valence electrons. The van der Waals surface area contributed by atoms with Crippen LogP contribution in [0.3, 0.4) is 0 Å². The van der Waals surface area contributed by atoms with Crippen molar-refractivity contribution in [2.75, 3.05) is 5.32 Å². The van der Waals surface area contributed by atoms with Crippen LogP contribution in [0, 0.1) is 10.1 Å². The number of halogens is 1. The van der Waals surface area contributed by atoms with Crippen LogP contribution in [0.4, 0.5) is 11.4 Å². The third kappa shape index (κ3) is 5.30. The highest BCUT2D eigenvalue weighted by atomic mass is 35.5. The number of benzene rings is 3. The number of nitro groups is 1. The molecule has 0 fully saturated rings. The maximum absolute atomic E-state index is 12.7. The zero-order valence-electron chi connectivity index (χ0n) is 16.6. The number of carbonyl (C=O) groups is 2. The van der Waals surface area contributed by atoms with Gasteiger partial charge in [-0.3, -0.25) is 14.9 Å². The molecule has 33 heavy (non-hydrogen) atoms. The molecule has 0 atom stereocenters. The largest absolute Gasteiger partial charge is 0.478 e. The highest BCUT2D eigenvalue weighted by molar-refractivity contribution is 8.00. The summed E-state index contributed by atoms with van der Waals surface area (Å²) in [6, 6.07) is 15.9. The molecule has 4 aromatic rings. The summed E-state index contributed by atoms with van der Waals surface area (Å²) < 4.78 is 1.72. The summed E-state index contributed by atoms with van der Waals surface area (Å²) in [5.74, 6) is -1.37. The molecule has 3 aromatic carbocycles. The Morgan fingerprint density at radius 1 is 1.09 bits per heavy atom. The molecular weight excluding hydrogens is 486 g/mol. The number of nitrogens with one attached hydrogen (secondary N) is 1. The zero-order valence-corrected chi connectivity index (χ0v) is 19.0. The lowest BCUT2D eigenvalue weighted by Gasteiger charge is -2.08. The Labute approximate surface area is 200 Å². The molecule has 1 aromatic heterocycles. The van der Waals surface area contributed by atoms with Gasteiger partial charge in [0.05, 0.1) is 26.3 Å². The molecule has 1 amide bonds. The van der Waals surface area contributed by atoms with Gasteiger partial charge in [-0.25, -0.2) is 9.78 Å². The quantitative estimate of drug-likeness (QED) is 0.179. The predicted octanol–water partition coefficient (Wildman–Crippen LogP) is 6.10. The number of anilines is 1. The van der Waals surface area contributed by atoms with Crippen LogP contribution < -0.4 is 5.32 Å². The van der Waals surface area contributed by atoms with E-state index in [-0.39, 0.29) is 5.56 Å². The molecule has 0 saturated carbocycles. The third-order valence-corrected chi connectivity index (χ3v) is 7.08. The molecule has 2 N–H and O–H groups in total. The van der Waals surface area contributed by atoms with Crippen LogP contribution in [-0.2, 0) is 5.75 Å².